The van der Waals surface area contributed by atoms with Crippen LogP contribution in [0.5, 0.6) is 0 Å². The molecule has 1 aliphatic heterocycles. The van der Waals surface area contributed by atoms with E-state index in [1.165, 1.54) is 46.4 Å². The smallest absolute Gasteiger partial charge is 0.335 e. The van der Waals surface area contributed by atoms with Gasteiger partial charge in [-0.3, -0.25) is 14.2 Å². The Balaban J connectivity index is 1.44. The van der Waals surface area contributed by atoms with Gasteiger partial charge in [-0.1, -0.05) is 36.0 Å². The summed E-state index contributed by atoms with van der Waals surface area (Å²) in [4.78, 5) is 44.0. The van der Waals surface area contributed by atoms with E-state index in [1.54, 1.807) is 12.1 Å². The Morgan fingerprint density at radius 3 is 2.68 bits per heavy atom. The molecule has 1 amide bonds. The standard InChI is InChI=1S/C25H21N3O5S/c29-22(27-10-9-16-4-1-2-5-18(16)13-27)15-34-25-26-21-12-17(24(31)32)7-8-20(21)23(30)28(25)14-19-6-3-11-33-19/h1-8,11-12H,9-10,13-15H2,(H,31,32). The van der Waals surface area contributed by atoms with E-state index in [4.69, 9.17) is 4.42 Å². The summed E-state index contributed by atoms with van der Waals surface area (Å²) in [6, 6.07) is 15.8. The van der Waals surface area contributed by atoms with Crippen molar-refractivity contribution in [3.05, 3.63) is 93.7 Å². The van der Waals surface area contributed by atoms with Gasteiger partial charge in [-0.25, -0.2) is 9.78 Å². The third-order valence-corrected chi connectivity index (χ3v) is 6.83. The van der Waals surface area contributed by atoms with Gasteiger partial charge in [0.1, 0.15) is 5.76 Å². The van der Waals surface area contributed by atoms with Gasteiger partial charge in [0.25, 0.3) is 5.56 Å². The highest BCUT2D eigenvalue weighted by Gasteiger charge is 2.22. The molecule has 0 atom stereocenters. The van der Waals surface area contributed by atoms with Gasteiger partial charge in [0.2, 0.25) is 5.91 Å². The summed E-state index contributed by atoms with van der Waals surface area (Å²) >= 11 is 1.17. The van der Waals surface area contributed by atoms with Crippen molar-refractivity contribution in [3.8, 4) is 0 Å². The van der Waals surface area contributed by atoms with E-state index in [0.29, 0.717) is 29.4 Å². The van der Waals surface area contributed by atoms with E-state index < -0.39 is 5.97 Å². The molecule has 4 aromatic rings. The van der Waals surface area contributed by atoms with Crippen molar-refractivity contribution in [2.45, 2.75) is 24.7 Å². The summed E-state index contributed by atoms with van der Waals surface area (Å²) in [5.41, 5.74) is 2.41. The average Bonchev–Trinajstić information content (AvgIpc) is 3.37. The minimum Gasteiger partial charge on any atom is -0.478 e. The van der Waals surface area contributed by atoms with Gasteiger partial charge in [-0.2, -0.15) is 0 Å². The molecule has 0 saturated carbocycles. The molecule has 1 aliphatic rings. The Kier molecular flexibility index (Phi) is 5.93. The molecule has 1 N–H and O–H groups in total. The highest BCUT2D eigenvalue weighted by molar-refractivity contribution is 7.99. The molecule has 0 radical (unpaired) electrons. The minimum absolute atomic E-state index is 0.0437. The summed E-state index contributed by atoms with van der Waals surface area (Å²) in [6.45, 7) is 1.35. The van der Waals surface area contributed by atoms with Crippen LogP contribution in [0.4, 0.5) is 0 Å². The number of carbonyl (C=O) groups is 2. The van der Waals surface area contributed by atoms with Crippen LogP contribution < -0.4 is 5.56 Å². The molecule has 3 heterocycles. The number of hydrogen-bond donors (Lipinski definition) is 1. The van der Waals surface area contributed by atoms with Crippen molar-refractivity contribution >= 4 is 34.5 Å². The lowest BCUT2D eigenvalue weighted by atomic mass is 10.00. The highest BCUT2D eigenvalue weighted by Crippen LogP contribution is 2.23. The van der Waals surface area contributed by atoms with E-state index in [0.717, 1.165) is 12.0 Å². The van der Waals surface area contributed by atoms with Crippen molar-refractivity contribution in [3.63, 3.8) is 0 Å². The van der Waals surface area contributed by atoms with E-state index in [9.17, 15) is 19.5 Å². The number of furan rings is 1. The van der Waals surface area contributed by atoms with E-state index in [1.807, 2.05) is 23.1 Å². The zero-order valence-electron chi connectivity index (χ0n) is 18.1. The van der Waals surface area contributed by atoms with Crippen LogP contribution in [0, 0.1) is 0 Å². The number of hydrogen-bond acceptors (Lipinski definition) is 6. The van der Waals surface area contributed by atoms with Crippen LogP contribution in [0.1, 0.15) is 27.2 Å². The van der Waals surface area contributed by atoms with Gasteiger partial charge >= 0.3 is 5.97 Å². The molecule has 0 fully saturated rings. The Hall–Kier alpha value is -3.85. The number of aromatic carboxylic acids is 1. The molecule has 2 aromatic heterocycles. The molecule has 0 bridgehead atoms. The normalized spacial score (nSPS) is 13.1. The van der Waals surface area contributed by atoms with Crippen LogP contribution in [0.2, 0.25) is 0 Å². The predicted octanol–water partition coefficient (Wildman–Crippen LogP) is 3.41. The molecule has 0 aliphatic carbocycles. The van der Waals surface area contributed by atoms with Crippen molar-refractivity contribution in [2.75, 3.05) is 12.3 Å². The highest BCUT2D eigenvalue weighted by atomic mass is 32.2. The lowest BCUT2D eigenvalue weighted by molar-refractivity contribution is -0.129. The average molecular weight is 476 g/mol. The first kappa shape index (κ1) is 22.0. The number of amides is 1. The molecule has 0 spiro atoms. The molecular formula is C25H21N3O5S. The van der Waals surface area contributed by atoms with Gasteiger partial charge in [0.15, 0.2) is 5.16 Å². The molecule has 8 nitrogen and oxygen atoms in total. The number of carbonyl (C=O) groups excluding carboxylic acids is 1. The van der Waals surface area contributed by atoms with Gasteiger partial charge in [-0.05, 0) is 47.9 Å². The van der Waals surface area contributed by atoms with E-state index >= 15 is 0 Å². The fourth-order valence-corrected chi connectivity index (χ4v) is 4.97. The van der Waals surface area contributed by atoms with Crippen LogP contribution in [0.25, 0.3) is 10.9 Å². The Morgan fingerprint density at radius 2 is 1.91 bits per heavy atom. The maximum absolute atomic E-state index is 13.3. The van der Waals surface area contributed by atoms with Crippen molar-refractivity contribution < 1.29 is 19.1 Å². The summed E-state index contributed by atoms with van der Waals surface area (Å²) in [5, 5.41) is 9.96. The zero-order valence-corrected chi connectivity index (χ0v) is 19.0. The number of aromatic nitrogens is 2. The summed E-state index contributed by atoms with van der Waals surface area (Å²) < 4.78 is 6.88. The maximum atomic E-state index is 13.3. The number of carboxylic acid groups (broad SMARTS) is 1. The fourth-order valence-electron chi connectivity index (χ4n) is 4.07. The van der Waals surface area contributed by atoms with E-state index in [2.05, 4.69) is 11.1 Å². The third-order valence-electron chi connectivity index (χ3n) is 5.87. The van der Waals surface area contributed by atoms with Crippen molar-refractivity contribution in [1.29, 1.82) is 0 Å². The van der Waals surface area contributed by atoms with E-state index in [-0.39, 0.29) is 34.8 Å². The first-order chi connectivity index (χ1) is 16.5. The second kappa shape index (κ2) is 9.18. The Labute approximate surface area is 198 Å². The number of nitrogens with zero attached hydrogens (tertiary/aromatic N) is 3. The van der Waals surface area contributed by atoms with Crippen molar-refractivity contribution in [2.24, 2.45) is 0 Å². The number of benzene rings is 2. The molecular weight excluding hydrogens is 454 g/mol. The molecule has 0 saturated heterocycles. The van der Waals surface area contributed by atoms with Crippen LogP contribution in [0.15, 0.2) is 75.2 Å². The zero-order chi connectivity index (χ0) is 23.7. The minimum atomic E-state index is -1.10. The third kappa shape index (κ3) is 4.34. The maximum Gasteiger partial charge on any atom is 0.335 e. The second-order valence-corrected chi connectivity index (χ2v) is 8.97. The van der Waals surface area contributed by atoms with Crippen molar-refractivity contribution in [1.82, 2.24) is 14.5 Å². The number of rotatable bonds is 6. The Morgan fingerprint density at radius 1 is 1.09 bits per heavy atom. The lowest BCUT2D eigenvalue weighted by Crippen LogP contribution is -2.37. The van der Waals surface area contributed by atoms with Gasteiger partial charge in [0, 0.05) is 13.1 Å². The van der Waals surface area contributed by atoms with Crippen LogP contribution in [-0.4, -0.2) is 43.7 Å². The first-order valence-electron chi connectivity index (χ1n) is 10.8. The van der Waals surface area contributed by atoms with Crippen LogP contribution >= 0.6 is 11.8 Å². The number of thioether (sulfide) groups is 1. The lowest BCUT2D eigenvalue weighted by Gasteiger charge is -2.28. The Bertz CT molecular complexity index is 1440. The SMILES string of the molecule is O=C(O)c1ccc2c(=O)n(Cc3ccco3)c(SCC(=O)N3CCc4ccccc4C3)nc2c1. The topological polar surface area (TPSA) is 106 Å². The summed E-state index contributed by atoms with van der Waals surface area (Å²) in [7, 11) is 0. The molecule has 172 valence electrons. The second-order valence-electron chi connectivity index (χ2n) is 8.02. The first-order valence-corrected chi connectivity index (χ1v) is 11.8. The monoisotopic (exact) mass is 475 g/mol. The molecule has 5 rings (SSSR count). The number of fused-ring (bicyclic) bond motifs is 2. The molecule has 34 heavy (non-hydrogen) atoms. The predicted molar refractivity (Wildman–Crippen MR) is 127 cm³/mol. The molecule has 2 aromatic carbocycles. The van der Waals surface area contributed by atoms with Gasteiger partial charge < -0.3 is 14.4 Å². The molecule has 0 unspecified atom stereocenters. The summed E-state index contributed by atoms with van der Waals surface area (Å²) in [5.74, 6) is -0.459. The quantitative estimate of drug-likeness (QED) is 0.336. The van der Waals surface area contributed by atoms with Crippen LogP contribution in [0.3, 0.4) is 0 Å². The summed E-state index contributed by atoms with van der Waals surface area (Å²) in [6.07, 6.45) is 2.33. The van der Waals surface area contributed by atoms with Crippen LogP contribution in [-0.2, 0) is 24.3 Å². The van der Waals surface area contributed by atoms with Gasteiger partial charge in [-0.15, -0.1) is 0 Å². The molecule has 9 heteroatoms. The number of carboxylic acids is 1. The van der Waals surface area contributed by atoms with Gasteiger partial charge in [0.05, 0.1) is 35.0 Å². The fraction of sp³-hybridized carbons (Fsp3) is 0.200. The largest absolute Gasteiger partial charge is 0.478 e.